The maximum atomic E-state index is 14.4. The number of fused-ring (bicyclic) bond motifs is 1. The fourth-order valence-electron chi connectivity index (χ4n) is 6.83. The first kappa shape index (κ1) is 40.9. The number of ether oxygens (including phenoxy) is 3. The van der Waals surface area contributed by atoms with E-state index in [0.29, 0.717) is 40.9 Å². The van der Waals surface area contributed by atoms with E-state index < -0.39 is 63.2 Å². The minimum atomic E-state index is -4.12. The molecule has 4 amide bonds. The summed E-state index contributed by atoms with van der Waals surface area (Å²) in [5.41, 5.74) is 0.311. The van der Waals surface area contributed by atoms with Gasteiger partial charge in [0.25, 0.3) is 10.0 Å². The van der Waals surface area contributed by atoms with Crippen molar-refractivity contribution in [3.63, 3.8) is 0 Å². The molecule has 1 aliphatic carbocycles. The number of amides is 4. The molecule has 302 valence electrons. The van der Waals surface area contributed by atoms with Crippen LogP contribution in [-0.2, 0) is 29.1 Å². The molecule has 1 aromatic heterocycles. The SMILES string of the molecule is COc1ccc2c(O[C@@H]3C[C@@H](C(=O)NC4(CC(=O)NS(=O)(=O)c5ccccc5)CC4)N(C(=O)[C@@H](NC(=O)OC(C)(C)C)C(C)C)C3)cc(-c3ccccc3)nc2c1. The Kier molecular flexibility index (Phi) is 11.8. The molecule has 15 heteroatoms. The number of carbonyl (C=O) groups is 4. The fourth-order valence-corrected chi connectivity index (χ4v) is 7.84. The Labute approximate surface area is 332 Å². The van der Waals surface area contributed by atoms with Crippen LogP contribution in [0.25, 0.3) is 22.2 Å². The lowest BCUT2D eigenvalue weighted by Gasteiger charge is -2.31. The summed E-state index contributed by atoms with van der Waals surface area (Å²) < 4.78 is 45.4. The molecule has 0 unspecified atom stereocenters. The van der Waals surface area contributed by atoms with Gasteiger partial charge in [-0.1, -0.05) is 62.4 Å². The standard InChI is InChI=1S/C42H49N5O9S/c1-26(2)37(44-40(51)56-41(3,4)5)39(50)47-25-29(55-35-23-32(27-13-9-7-10-14-27)43-33-21-28(54-6)17-18-31(33)35)22-34(47)38(49)45-42(19-20-42)24-36(48)46-57(52,53)30-15-11-8-12-16-30/h7-18,21,23,26,29,34,37H,19-20,22,24-25H2,1-6H3,(H,44,51)(H,45,49)(H,46,48)/t29-,34+,37+/m1/s1. The summed E-state index contributed by atoms with van der Waals surface area (Å²) in [4.78, 5) is 60.9. The van der Waals surface area contributed by atoms with Crippen LogP contribution < -0.4 is 24.8 Å². The first-order chi connectivity index (χ1) is 27.0. The van der Waals surface area contributed by atoms with Gasteiger partial charge in [0.15, 0.2) is 0 Å². The Bertz CT molecular complexity index is 2240. The van der Waals surface area contributed by atoms with Crippen molar-refractivity contribution in [2.24, 2.45) is 5.92 Å². The van der Waals surface area contributed by atoms with Crippen LogP contribution in [0.2, 0.25) is 0 Å². The maximum absolute atomic E-state index is 14.4. The van der Waals surface area contributed by atoms with Gasteiger partial charge in [-0.05, 0) is 63.8 Å². The monoisotopic (exact) mass is 799 g/mol. The number of sulfonamides is 1. The van der Waals surface area contributed by atoms with Crippen molar-refractivity contribution < 1.29 is 41.8 Å². The number of nitrogens with zero attached hydrogens (tertiary/aromatic N) is 2. The third kappa shape index (κ3) is 10.0. The van der Waals surface area contributed by atoms with Crippen molar-refractivity contribution in [1.82, 2.24) is 25.2 Å². The predicted molar refractivity (Wildman–Crippen MR) is 213 cm³/mol. The summed E-state index contributed by atoms with van der Waals surface area (Å²) in [7, 11) is -2.55. The maximum Gasteiger partial charge on any atom is 0.408 e. The van der Waals surface area contributed by atoms with E-state index >= 15 is 0 Å². The molecular weight excluding hydrogens is 751 g/mol. The highest BCUT2D eigenvalue weighted by atomic mass is 32.2. The molecule has 3 N–H and O–H groups in total. The molecule has 0 radical (unpaired) electrons. The van der Waals surface area contributed by atoms with E-state index in [1.165, 1.54) is 17.0 Å². The van der Waals surface area contributed by atoms with Crippen molar-refractivity contribution in [3.8, 4) is 22.8 Å². The third-order valence-corrected chi connectivity index (χ3v) is 11.2. The molecule has 0 spiro atoms. The second kappa shape index (κ2) is 16.4. The highest BCUT2D eigenvalue weighted by Crippen LogP contribution is 2.40. The van der Waals surface area contributed by atoms with E-state index in [-0.39, 0.29) is 30.2 Å². The summed E-state index contributed by atoms with van der Waals surface area (Å²) in [5.74, 6) is -1.09. The van der Waals surface area contributed by atoms with Gasteiger partial charge in [0, 0.05) is 35.0 Å². The number of benzene rings is 3. The summed E-state index contributed by atoms with van der Waals surface area (Å²) in [6.45, 7) is 8.71. The number of carbonyl (C=O) groups excluding carboxylic acids is 4. The number of rotatable bonds is 13. The number of hydrogen-bond acceptors (Lipinski definition) is 10. The first-order valence-corrected chi connectivity index (χ1v) is 20.4. The van der Waals surface area contributed by atoms with Crippen molar-refractivity contribution in [3.05, 3.63) is 84.9 Å². The van der Waals surface area contributed by atoms with Gasteiger partial charge in [-0.2, -0.15) is 0 Å². The molecule has 14 nitrogen and oxygen atoms in total. The molecule has 0 bridgehead atoms. The van der Waals surface area contributed by atoms with E-state index in [2.05, 4.69) is 15.4 Å². The van der Waals surface area contributed by atoms with Gasteiger partial charge in [0.1, 0.15) is 35.3 Å². The second-order valence-corrected chi connectivity index (χ2v) is 17.6. The van der Waals surface area contributed by atoms with Gasteiger partial charge in [-0.25, -0.2) is 22.9 Å². The van der Waals surface area contributed by atoms with Gasteiger partial charge >= 0.3 is 6.09 Å². The lowest BCUT2D eigenvalue weighted by Crippen LogP contribution is -2.57. The van der Waals surface area contributed by atoms with Crippen molar-refractivity contribution in [1.29, 1.82) is 0 Å². The summed E-state index contributed by atoms with van der Waals surface area (Å²) in [6, 6.07) is 22.3. The highest BCUT2D eigenvalue weighted by Gasteiger charge is 2.50. The van der Waals surface area contributed by atoms with E-state index in [0.717, 1.165) is 5.56 Å². The van der Waals surface area contributed by atoms with Gasteiger partial charge < -0.3 is 29.7 Å². The van der Waals surface area contributed by atoms with E-state index in [1.54, 1.807) is 72.1 Å². The number of alkyl carbamates (subject to hydrolysis) is 1. The number of hydrogen-bond donors (Lipinski definition) is 3. The lowest BCUT2D eigenvalue weighted by atomic mass is 10.0. The van der Waals surface area contributed by atoms with Crippen molar-refractivity contribution in [2.75, 3.05) is 13.7 Å². The Hall–Kier alpha value is -5.70. The predicted octanol–water partition coefficient (Wildman–Crippen LogP) is 5.35. The number of methoxy groups -OCH3 is 1. The number of nitrogens with one attached hydrogen (secondary N) is 3. The smallest absolute Gasteiger partial charge is 0.408 e. The summed E-state index contributed by atoms with van der Waals surface area (Å²) in [5, 5.41) is 6.37. The lowest BCUT2D eigenvalue weighted by molar-refractivity contribution is -0.141. The molecule has 3 atom stereocenters. The molecule has 4 aromatic rings. The molecule has 6 rings (SSSR count). The molecule has 1 saturated heterocycles. The summed E-state index contributed by atoms with van der Waals surface area (Å²) >= 11 is 0. The van der Waals surface area contributed by atoms with Gasteiger partial charge in [-0.15, -0.1) is 0 Å². The van der Waals surface area contributed by atoms with Gasteiger partial charge in [0.2, 0.25) is 17.7 Å². The summed E-state index contributed by atoms with van der Waals surface area (Å²) in [6.07, 6.45) is -0.786. The van der Waals surface area contributed by atoms with Crippen molar-refractivity contribution >= 4 is 44.7 Å². The Morgan fingerprint density at radius 1 is 0.947 bits per heavy atom. The van der Waals surface area contributed by atoms with Crippen LogP contribution in [0.3, 0.4) is 0 Å². The van der Waals surface area contributed by atoms with E-state index in [4.69, 9.17) is 19.2 Å². The van der Waals surface area contributed by atoms with Crippen LogP contribution >= 0.6 is 0 Å². The van der Waals surface area contributed by atoms with E-state index in [1.807, 2.05) is 42.5 Å². The molecule has 2 aliphatic rings. The molecule has 1 aliphatic heterocycles. The van der Waals surface area contributed by atoms with Crippen LogP contribution in [0.5, 0.6) is 11.5 Å². The van der Waals surface area contributed by atoms with E-state index in [9.17, 15) is 27.6 Å². The van der Waals surface area contributed by atoms with Crippen LogP contribution in [0, 0.1) is 5.92 Å². The average Bonchev–Trinajstić information content (AvgIpc) is 3.77. The highest BCUT2D eigenvalue weighted by molar-refractivity contribution is 7.90. The van der Waals surface area contributed by atoms with Crippen LogP contribution in [-0.4, -0.2) is 85.1 Å². The topological polar surface area (TPSA) is 182 Å². The molecular formula is C42H49N5O9S. The second-order valence-electron chi connectivity index (χ2n) is 15.9. The molecule has 2 fully saturated rings. The largest absolute Gasteiger partial charge is 0.497 e. The Morgan fingerprint density at radius 3 is 2.23 bits per heavy atom. The molecule has 1 saturated carbocycles. The zero-order valence-electron chi connectivity index (χ0n) is 32.9. The molecule has 2 heterocycles. The van der Waals surface area contributed by atoms with Crippen LogP contribution in [0.4, 0.5) is 4.79 Å². The quantitative estimate of drug-likeness (QED) is 0.159. The Balaban J connectivity index is 1.27. The number of pyridine rings is 1. The number of aromatic nitrogens is 1. The zero-order valence-corrected chi connectivity index (χ0v) is 33.7. The third-order valence-electron chi connectivity index (χ3n) is 9.84. The average molecular weight is 800 g/mol. The first-order valence-electron chi connectivity index (χ1n) is 18.9. The van der Waals surface area contributed by atoms with Crippen LogP contribution in [0.15, 0.2) is 89.8 Å². The normalized spacial score (nSPS) is 18.1. The van der Waals surface area contributed by atoms with Gasteiger partial charge in [-0.3, -0.25) is 14.4 Å². The minimum absolute atomic E-state index is 0.000412. The molecule has 3 aromatic carbocycles. The van der Waals surface area contributed by atoms with Gasteiger partial charge in [0.05, 0.1) is 36.2 Å². The van der Waals surface area contributed by atoms with Crippen LogP contribution in [0.1, 0.15) is 60.3 Å². The zero-order chi connectivity index (χ0) is 41.1. The van der Waals surface area contributed by atoms with Crippen molar-refractivity contribution in [2.45, 2.75) is 94.5 Å². The molecule has 57 heavy (non-hydrogen) atoms. The number of likely N-dealkylation sites (tertiary alicyclic amines) is 1. The Morgan fingerprint density at radius 2 is 1.61 bits per heavy atom. The fraction of sp³-hybridized carbons (Fsp3) is 0.405. The minimum Gasteiger partial charge on any atom is -0.497 e.